The van der Waals surface area contributed by atoms with Crippen LogP contribution in [0.2, 0.25) is 0 Å². The Bertz CT molecular complexity index is 1010. The van der Waals surface area contributed by atoms with Gasteiger partial charge in [-0.3, -0.25) is 9.59 Å². The van der Waals surface area contributed by atoms with Crippen molar-refractivity contribution in [1.82, 2.24) is 5.32 Å². The van der Waals surface area contributed by atoms with E-state index in [1.807, 2.05) is 42.5 Å². The zero-order chi connectivity index (χ0) is 25.3. The van der Waals surface area contributed by atoms with E-state index in [-0.39, 0.29) is 5.91 Å². The highest BCUT2D eigenvalue weighted by Gasteiger charge is 2.13. The molecule has 0 spiro atoms. The van der Waals surface area contributed by atoms with Crippen LogP contribution in [-0.2, 0) is 14.4 Å². The number of nitrogens with one attached hydrogen (secondary N) is 2. The van der Waals surface area contributed by atoms with E-state index in [9.17, 15) is 14.4 Å². The van der Waals surface area contributed by atoms with Crippen molar-refractivity contribution >= 4 is 29.0 Å². The minimum Gasteiger partial charge on any atom is -0.478 e. The smallest absolute Gasteiger partial charge is 0.328 e. The number of benzene rings is 2. The Morgan fingerprint density at radius 2 is 1.40 bits per heavy atom. The number of carboxylic acid groups (broad SMARTS) is 1. The fraction of sp³-hybridized carbons (Fsp3) is 0.345. The standard InChI is InChI=1S/C29H36N2O4/c1-2-3-4-5-6-7-8-14-21-30-28(33)22-25(23-15-10-9-11-16-23)24-17-12-13-18-26(24)31-27(32)19-20-29(34)35/h9-13,15-20,22H,2-8,14,21H2,1H3,(H,30,33)(H,31,32)(H,34,35)/b20-19-,25-22?. The third kappa shape index (κ3) is 10.9. The van der Waals surface area contributed by atoms with Crippen LogP contribution < -0.4 is 10.6 Å². The first-order valence-corrected chi connectivity index (χ1v) is 12.4. The molecule has 3 N–H and O–H groups in total. The van der Waals surface area contributed by atoms with Gasteiger partial charge in [-0.1, -0.05) is 100 Å². The van der Waals surface area contributed by atoms with E-state index in [0.717, 1.165) is 30.6 Å². The molecule has 0 bridgehead atoms. The summed E-state index contributed by atoms with van der Waals surface area (Å²) in [4.78, 5) is 35.7. The van der Waals surface area contributed by atoms with Gasteiger partial charge in [0.1, 0.15) is 0 Å². The van der Waals surface area contributed by atoms with Crippen LogP contribution in [0.3, 0.4) is 0 Å². The molecule has 6 nitrogen and oxygen atoms in total. The van der Waals surface area contributed by atoms with Crippen LogP contribution in [0.15, 0.2) is 72.8 Å². The van der Waals surface area contributed by atoms with Gasteiger partial charge in [0.15, 0.2) is 0 Å². The van der Waals surface area contributed by atoms with E-state index >= 15 is 0 Å². The van der Waals surface area contributed by atoms with Crippen molar-refractivity contribution < 1.29 is 19.5 Å². The maximum Gasteiger partial charge on any atom is 0.328 e. The molecule has 2 aromatic rings. The van der Waals surface area contributed by atoms with Crippen molar-refractivity contribution in [3.8, 4) is 0 Å². The maximum absolute atomic E-state index is 12.8. The van der Waals surface area contributed by atoms with Crippen LogP contribution >= 0.6 is 0 Å². The second-order valence-corrected chi connectivity index (χ2v) is 8.40. The van der Waals surface area contributed by atoms with Crippen molar-refractivity contribution in [1.29, 1.82) is 0 Å². The lowest BCUT2D eigenvalue weighted by Crippen LogP contribution is -2.22. The van der Waals surface area contributed by atoms with Crippen molar-refractivity contribution in [3.05, 3.63) is 84.0 Å². The molecule has 0 heterocycles. The topological polar surface area (TPSA) is 95.5 Å². The molecule has 2 amide bonds. The van der Waals surface area contributed by atoms with E-state index in [2.05, 4.69) is 17.6 Å². The monoisotopic (exact) mass is 476 g/mol. The first kappa shape index (κ1) is 27.6. The maximum atomic E-state index is 12.8. The number of carboxylic acids is 1. The third-order valence-corrected chi connectivity index (χ3v) is 5.54. The lowest BCUT2D eigenvalue weighted by molar-refractivity contribution is -0.131. The van der Waals surface area contributed by atoms with Crippen LogP contribution in [0.4, 0.5) is 5.69 Å². The Balaban J connectivity index is 2.08. The van der Waals surface area contributed by atoms with Crippen LogP contribution in [0, 0.1) is 0 Å². The fourth-order valence-corrected chi connectivity index (χ4v) is 3.74. The van der Waals surface area contributed by atoms with Crippen LogP contribution in [0.1, 0.15) is 69.4 Å². The Kier molecular flexibility index (Phi) is 12.6. The molecular formula is C29H36N2O4. The number of carbonyl (C=O) groups excluding carboxylic acids is 2. The first-order chi connectivity index (χ1) is 17.0. The molecule has 6 heteroatoms. The largest absolute Gasteiger partial charge is 0.478 e. The van der Waals surface area contributed by atoms with Crippen molar-refractivity contribution in [2.75, 3.05) is 11.9 Å². The highest BCUT2D eigenvalue weighted by Crippen LogP contribution is 2.29. The number of carbonyl (C=O) groups is 3. The van der Waals surface area contributed by atoms with E-state index < -0.39 is 11.9 Å². The summed E-state index contributed by atoms with van der Waals surface area (Å²) in [6.45, 7) is 2.83. The van der Waals surface area contributed by atoms with E-state index in [4.69, 9.17) is 5.11 Å². The molecular weight excluding hydrogens is 440 g/mol. The summed E-state index contributed by atoms with van der Waals surface area (Å²) < 4.78 is 0. The number of amides is 2. The first-order valence-electron chi connectivity index (χ1n) is 12.4. The Labute approximate surface area is 208 Å². The average molecular weight is 477 g/mol. The van der Waals surface area contributed by atoms with Crippen molar-refractivity contribution in [2.45, 2.75) is 58.3 Å². The minimum absolute atomic E-state index is 0.196. The van der Waals surface area contributed by atoms with E-state index in [1.54, 1.807) is 18.2 Å². The Morgan fingerprint density at radius 3 is 2.09 bits per heavy atom. The van der Waals surface area contributed by atoms with Crippen molar-refractivity contribution in [3.63, 3.8) is 0 Å². The van der Waals surface area contributed by atoms with Crippen LogP contribution in [0.5, 0.6) is 0 Å². The number of anilines is 1. The van der Waals surface area contributed by atoms with Gasteiger partial charge in [0, 0.05) is 36.0 Å². The molecule has 0 atom stereocenters. The minimum atomic E-state index is -1.20. The van der Waals surface area contributed by atoms with Gasteiger partial charge >= 0.3 is 5.97 Å². The number of para-hydroxylation sites is 1. The summed E-state index contributed by atoms with van der Waals surface area (Å²) in [6.07, 6.45) is 12.9. The summed E-state index contributed by atoms with van der Waals surface area (Å²) in [5.41, 5.74) is 2.64. The number of hydrogen-bond acceptors (Lipinski definition) is 3. The van der Waals surface area contributed by atoms with Gasteiger partial charge in [-0.15, -0.1) is 0 Å². The molecule has 0 saturated carbocycles. The van der Waals surface area contributed by atoms with Gasteiger partial charge in [0.25, 0.3) is 0 Å². The van der Waals surface area contributed by atoms with Crippen molar-refractivity contribution in [2.24, 2.45) is 0 Å². The highest BCUT2D eigenvalue weighted by molar-refractivity contribution is 6.06. The van der Waals surface area contributed by atoms with E-state index in [0.29, 0.717) is 23.4 Å². The zero-order valence-corrected chi connectivity index (χ0v) is 20.5. The normalized spacial score (nSPS) is 11.4. The molecule has 35 heavy (non-hydrogen) atoms. The summed E-state index contributed by atoms with van der Waals surface area (Å²) in [5.74, 6) is -1.96. The molecule has 0 radical (unpaired) electrons. The molecule has 0 aliphatic rings. The number of aliphatic carboxylic acids is 1. The van der Waals surface area contributed by atoms with Gasteiger partial charge in [0.2, 0.25) is 11.8 Å². The molecule has 0 fully saturated rings. The molecule has 0 aliphatic heterocycles. The summed E-state index contributed by atoms with van der Waals surface area (Å²) in [6, 6.07) is 16.6. The SMILES string of the molecule is CCCCCCCCCCNC(=O)C=C(c1ccccc1)c1ccccc1NC(=O)/C=C\C(=O)O. The Morgan fingerprint density at radius 1 is 0.771 bits per heavy atom. The number of unbranched alkanes of at least 4 members (excludes halogenated alkanes) is 7. The van der Waals surface area contributed by atoms with Gasteiger partial charge in [-0.05, 0) is 23.6 Å². The summed E-state index contributed by atoms with van der Waals surface area (Å²) in [5, 5.41) is 14.5. The summed E-state index contributed by atoms with van der Waals surface area (Å²) >= 11 is 0. The predicted octanol–water partition coefficient (Wildman–Crippen LogP) is 5.95. The molecule has 2 aromatic carbocycles. The Hall–Kier alpha value is -3.67. The van der Waals surface area contributed by atoms with E-state index in [1.165, 1.54) is 38.5 Å². The van der Waals surface area contributed by atoms with Crippen LogP contribution in [0.25, 0.3) is 5.57 Å². The lowest BCUT2D eigenvalue weighted by Gasteiger charge is -2.14. The van der Waals surface area contributed by atoms with Gasteiger partial charge < -0.3 is 15.7 Å². The van der Waals surface area contributed by atoms with Crippen LogP contribution in [-0.4, -0.2) is 29.4 Å². The quantitative estimate of drug-likeness (QED) is 0.218. The highest BCUT2D eigenvalue weighted by atomic mass is 16.4. The average Bonchev–Trinajstić information content (AvgIpc) is 2.86. The molecule has 0 unspecified atom stereocenters. The fourth-order valence-electron chi connectivity index (χ4n) is 3.74. The van der Waals surface area contributed by atoms with Gasteiger partial charge in [-0.2, -0.15) is 0 Å². The second-order valence-electron chi connectivity index (χ2n) is 8.40. The molecule has 186 valence electrons. The third-order valence-electron chi connectivity index (χ3n) is 5.54. The van der Waals surface area contributed by atoms with Gasteiger partial charge in [0.05, 0.1) is 0 Å². The molecule has 0 aliphatic carbocycles. The molecule has 0 aromatic heterocycles. The number of hydrogen-bond donors (Lipinski definition) is 3. The number of rotatable bonds is 15. The second kappa shape index (κ2) is 16.0. The summed E-state index contributed by atoms with van der Waals surface area (Å²) in [7, 11) is 0. The lowest BCUT2D eigenvalue weighted by atomic mass is 9.95. The molecule has 0 saturated heterocycles. The van der Waals surface area contributed by atoms with Gasteiger partial charge in [-0.25, -0.2) is 4.79 Å². The predicted molar refractivity (Wildman–Crippen MR) is 141 cm³/mol. The zero-order valence-electron chi connectivity index (χ0n) is 20.5. The molecule has 2 rings (SSSR count).